The topological polar surface area (TPSA) is 38.7 Å². The summed E-state index contributed by atoms with van der Waals surface area (Å²) in [6.45, 7) is 7.00. The molecule has 0 saturated carbocycles. The first-order chi connectivity index (χ1) is 21.5. The second-order valence-corrected chi connectivity index (χ2v) is 14.5. The van der Waals surface area contributed by atoms with Crippen LogP contribution in [0.3, 0.4) is 0 Å². The molecule has 1 heterocycles. The summed E-state index contributed by atoms with van der Waals surface area (Å²) in [4.78, 5) is 15.3. The highest BCUT2D eigenvalue weighted by atomic mass is 28.3. The van der Waals surface area contributed by atoms with E-state index < -0.39 is 8.80 Å². The third-order valence-electron chi connectivity index (χ3n) is 8.24. The van der Waals surface area contributed by atoms with Gasteiger partial charge in [0.05, 0.1) is 8.80 Å². The number of hydrogen-bond acceptors (Lipinski definition) is 3. The lowest BCUT2D eigenvalue weighted by Gasteiger charge is -2.19. The van der Waals surface area contributed by atoms with Crippen LogP contribution >= 0.6 is 0 Å². The minimum absolute atomic E-state index is 0.665. The summed E-state index contributed by atoms with van der Waals surface area (Å²) in [7, 11) is -1.18. The fraction of sp³-hybridized carbons (Fsp3) is 0.0750. The number of aromatic nitrogens is 3. The van der Waals surface area contributed by atoms with E-state index >= 15 is 0 Å². The predicted molar refractivity (Wildman–Crippen MR) is 188 cm³/mol. The van der Waals surface area contributed by atoms with Gasteiger partial charge in [0.2, 0.25) is 0 Å². The van der Waals surface area contributed by atoms with Crippen LogP contribution in [0.1, 0.15) is 5.56 Å². The highest BCUT2D eigenvalue weighted by Gasteiger charge is 2.20. The molecule has 0 aliphatic heterocycles. The van der Waals surface area contributed by atoms with Crippen molar-refractivity contribution in [1.82, 2.24) is 15.0 Å². The third-order valence-corrected chi connectivity index (χ3v) is 9.96. The second kappa shape index (κ2) is 11.8. The van der Waals surface area contributed by atoms with Gasteiger partial charge in [0.15, 0.2) is 17.5 Å². The Labute approximate surface area is 260 Å². The van der Waals surface area contributed by atoms with Crippen molar-refractivity contribution in [3.63, 3.8) is 0 Å². The number of hydrogen-bond donors (Lipinski definition) is 0. The van der Waals surface area contributed by atoms with Gasteiger partial charge in [-0.15, -0.1) is 0 Å². The molecule has 7 rings (SSSR count). The Morgan fingerprint density at radius 2 is 0.932 bits per heavy atom. The molecule has 1 aromatic heterocycles. The van der Waals surface area contributed by atoms with Crippen molar-refractivity contribution in [3.8, 4) is 56.4 Å². The van der Waals surface area contributed by atoms with Crippen molar-refractivity contribution >= 4 is 24.8 Å². The summed E-state index contributed by atoms with van der Waals surface area (Å²) < 4.78 is 0. The first-order valence-electron chi connectivity index (χ1n) is 15.2. The Kier molecular flexibility index (Phi) is 7.43. The summed E-state index contributed by atoms with van der Waals surface area (Å²) in [5.74, 6) is 2.02. The lowest BCUT2D eigenvalue weighted by molar-refractivity contribution is 1.07. The zero-order chi connectivity index (χ0) is 30.0. The van der Waals surface area contributed by atoms with Crippen molar-refractivity contribution in [2.75, 3.05) is 0 Å². The number of aryl methyl sites for hydroxylation is 1. The Bertz CT molecular complexity index is 2090. The Hall–Kier alpha value is -5.19. The molecular weight excluding hydrogens is 551 g/mol. The van der Waals surface area contributed by atoms with Gasteiger partial charge in [0, 0.05) is 16.7 Å². The summed E-state index contributed by atoms with van der Waals surface area (Å²) in [5, 5.41) is 3.98. The quantitative estimate of drug-likeness (QED) is 0.183. The molecule has 7 aromatic rings. The van der Waals surface area contributed by atoms with Gasteiger partial charge in [0.1, 0.15) is 0 Å². The monoisotopic (exact) mass is 583 g/mol. The minimum atomic E-state index is -1.18. The van der Waals surface area contributed by atoms with E-state index in [1.165, 1.54) is 38.2 Å². The van der Waals surface area contributed by atoms with Crippen molar-refractivity contribution < 1.29 is 0 Å². The van der Waals surface area contributed by atoms with Gasteiger partial charge in [-0.05, 0) is 51.6 Å². The molecule has 0 spiro atoms. The zero-order valence-electron chi connectivity index (χ0n) is 25.2. The van der Waals surface area contributed by atoms with Crippen LogP contribution in [0.15, 0.2) is 140 Å². The fourth-order valence-electron chi connectivity index (χ4n) is 5.95. The average molecular weight is 584 g/mol. The van der Waals surface area contributed by atoms with Gasteiger partial charge in [-0.3, -0.25) is 0 Å². The van der Waals surface area contributed by atoms with Crippen LogP contribution in [-0.4, -0.2) is 23.7 Å². The second-order valence-electron chi connectivity index (χ2n) is 11.6. The molecule has 0 bridgehead atoms. The van der Waals surface area contributed by atoms with E-state index in [0.717, 1.165) is 22.3 Å². The van der Waals surface area contributed by atoms with E-state index in [0.29, 0.717) is 17.5 Å². The molecule has 4 heteroatoms. The molecule has 6 aromatic carbocycles. The maximum atomic E-state index is 5.16. The lowest BCUT2D eigenvalue weighted by Crippen LogP contribution is -2.25. The molecule has 0 atom stereocenters. The van der Waals surface area contributed by atoms with Crippen LogP contribution in [0, 0.1) is 6.92 Å². The molecule has 0 aliphatic carbocycles. The van der Waals surface area contributed by atoms with E-state index in [4.69, 9.17) is 15.0 Å². The van der Waals surface area contributed by atoms with Crippen molar-refractivity contribution in [2.45, 2.75) is 20.0 Å². The number of benzene rings is 6. The first-order valence-corrected chi connectivity index (χ1v) is 18.0. The largest absolute Gasteiger partial charge is 0.208 e. The van der Waals surface area contributed by atoms with Crippen LogP contribution in [0.25, 0.3) is 67.2 Å². The van der Waals surface area contributed by atoms with Gasteiger partial charge >= 0.3 is 0 Å². The summed E-state index contributed by atoms with van der Waals surface area (Å²) in [5.41, 5.74) is 8.99. The standard InChI is InChI=1S/C40H33N3Si/c1-27-13-12-20-34(37(27)35-25-32-18-10-11-19-33(32)26-36(35)44(2)3)40-42-38(30-16-8-5-9-17-30)41-39(43-40)31-23-21-29(22-24-31)28-14-6-4-7-15-28/h4-26,44H,1-3H3. The normalized spacial score (nSPS) is 11.3. The van der Waals surface area contributed by atoms with Gasteiger partial charge in [0.25, 0.3) is 0 Å². The van der Waals surface area contributed by atoms with Crippen molar-refractivity contribution in [3.05, 3.63) is 145 Å². The zero-order valence-corrected chi connectivity index (χ0v) is 26.4. The van der Waals surface area contributed by atoms with Crippen molar-refractivity contribution in [1.29, 1.82) is 0 Å². The molecule has 0 aliphatic rings. The average Bonchev–Trinajstić information content (AvgIpc) is 3.08. The number of nitrogens with zero attached hydrogens (tertiary/aromatic N) is 3. The maximum Gasteiger partial charge on any atom is 0.164 e. The van der Waals surface area contributed by atoms with Gasteiger partial charge in [-0.1, -0.05) is 152 Å². The van der Waals surface area contributed by atoms with Gasteiger partial charge in [-0.2, -0.15) is 0 Å². The summed E-state index contributed by atoms with van der Waals surface area (Å²) in [6.07, 6.45) is 0. The lowest BCUT2D eigenvalue weighted by atomic mass is 9.92. The van der Waals surface area contributed by atoms with Crippen LogP contribution in [0.5, 0.6) is 0 Å². The highest BCUT2D eigenvalue weighted by molar-refractivity contribution is 6.72. The van der Waals surface area contributed by atoms with E-state index in [1.807, 2.05) is 24.3 Å². The predicted octanol–water partition coefficient (Wildman–Crippen LogP) is 9.36. The smallest absolute Gasteiger partial charge is 0.164 e. The SMILES string of the molecule is Cc1cccc(-c2nc(-c3ccccc3)nc(-c3ccc(-c4ccccc4)cc3)n2)c1-c1cc2ccccc2cc1[SiH](C)C. The van der Waals surface area contributed by atoms with Gasteiger partial charge in [-0.25, -0.2) is 15.0 Å². The Morgan fingerprint density at radius 3 is 1.57 bits per heavy atom. The molecule has 0 fully saturated rings. The molecule has 0 saturated heterocycles. The Balaban J connectivity index is 1.43. The molecule has 3 nitrogen and oxygen atoms in total. The molecule has 0 radical (unpaired) electrons. The van der Waals surface area contributed by atoms with E-state index in [1.54, 1.807) is 0 Å². The molecule has 0 unspecified atom stereocenters. The van der Waals surface area contributed by atoms with E-state index in [-0.39, 0.29) is 0 Å². The van der Waals surface area contributed by atoms with E-state index in [2.05, 4.69) is 135 Å². The van der Waals surface area contributed by atoms with Crippen LogP contribution in [-0.2, 0) is 0 Å². The molecule has 212 valence electrons. The number of rotatable bonds is 6. The molecule has 0 amide bonds. The van der Waals surface area contributed by atoms with Crippen LogP contribution < -0.4 is 5.19 Å². The summed E-state index contributed by atoms with van der Waals surface area (Å²) >= 11 is 0. The van der Waals surface area contributed by atoms with Crippen LogP contribution in [0.4, 0.5) is 0 Å². The van der Waals surface area contributed by atoms with Crippen LogP contribution in [0.2, 0.25) is 13.1 Å². The molecular formula is C40H33N3Si. The van der Waals surface area contributed by atoms with Gasteiger partial charge < -0.3 is 0 Å². The molecule has 44 heavy (non-hydrogen) atoms. The fourth-order valence-corrected chi connectivity index (χ4v) is 7.31. The first kappa shape index (κ1) is 27.6. The van der Waals surface area contributed by atoms with E-state index in [9.17, 15) is 0 Å². The minimum Gasteiger partial charge on any atom is -0.208 e. The molecule has 0 N–H and O–H groups in total. The van der Waals surface area contributed by atoms with Crippen molar-refractivity contribution in [2.24, 2.45) is 0 Å². The highest BCUT2D eigenvalue weighted by Crippen LogP contribution is 2.36. The summed E-state index contributed by atoms with van der Waals surface area (Å²) in [6, 6.07) is 49.0. The maximum absolute atomic E-state index is 5.16. The Morgan fingerprint density at radius 1 is 0.432 bits per heavy atom. The number of fused-ring (bicyclic) bond motifs is 1. The third kappa shape index (κ3) is 5.36.